The lowest BCUT2D eigenvalue weighted by Crippen LogP contribution is -2.53. The van der Waals surface area contributed by atoms with Crippen LogP contribution < -0.4 is 20.3 Å². The third-order valence-electron chi connectivity index (χ3n) is 7.73. The standard InChI is InChI=1S/C34H39F3N6O2S/c1-22-17-23(2)29(24(3)18-22)42-15-6-16-46-32(42)40-31(44)38-20-33(4,5)19-25-7-9-26(10-8-25)30-39-21-43(41-30)27-11-13-28(14-12-27)45-34(35,36)37/h7-14,17-18,21,32H,6,15-16,19-20H2,1-5H3,(H2,38,40,44). The van der Waals surface area contributed by atoms with E-state index in [1.54, 1.807) is 11.8 Å². The molecule has 3 aromatic carbocycles. The lowest BCUT2D eigenvalue weighted by atomic mass is 9.85. The number of thioether (sulfide) groups is 1. The zero-order valence-corrected chi connectivity index (χ0v) is 27.4. The van der Waals surface area contributed by atoms with Crippen molar-refractivity contribution in [2.45, 2.75) is 59.3 Å². The number of rotatable bonds is 9. The lowest BCUT2D eigenvalue weighted by molar-refractivity contribution is -0.274. The number of amides is 2. The fourth-order valence-corrected chi connectivity index (χ4v) is 6.90. The predicted octanol–water partition coefficient (Wildman–Crippen LogP) is 7.55. The Balaban J connectivity index is 1.15. The Morgan fingerprint density at radius 1 is 1.02 bits per heavy atom. The van der Waals surface area contributed by atoms with Crippen LogP contribution in [0.2, 0.25) is 0 Å². The molecule has 12 heteroatoms. The van der Waals surface area contributed by atoms with Gasteiger partial charge in [-0.1, -0.05) is 55.8 Å². The number of nitrogens with zero attached hydrogens (tertiary/aromatic N) is 4. The van der Waals surface area contributed by atoms with E-state index in [0.29, 0.717) is 18.1 Å². The minimum atomic E-state index is -4.74. The number of halogens is 3. The third-order valence-corrected chi connectivity index (χ3v) is 8.94. The molecular formula is C34H39F3N6O2S. The predicted molar refractivity (Wildman–Crippen MR) is 176 cm³/mol. The van der Waals surface area contributed by atoms with E-state index in [1.807, 2.05) is 24.3 Å². The summed E-state index contributed by atoms with van der Waals surface area (Å²) in [5.74, 6) is 1.19. The molecule has 0 spiro atoms. The van der Waals surface area contributed by atoms with Gasteiger partial charge in [-0.25, -0.2) is 14.5 Å². The van der Waals surface area contributed by atoms with E-state index in [4.69, 9.17) is 0 Å². The number of nitrogens with one attached hydrogen (secondary N) is 2. The molecule has 2 amide bonds. The number of urea groups is 1. The van der Waals surface area contributed by atoms with E-state index < -0.39 is 6.36 Å². The normalized spacial score (nSPS) is 15.5. The number of alkyl halides is 3. The molecule has 0 radical (unpaired) electrons. The van der Waals surface area contributed by atoms with Crippen LogP contribution >= 0.6 is 11.8 Å². The smallest absolute Gasteiger partial charge is 0.406 e. The molecule has 1 aromatic heterocycles. The van der Waals surface area contributed by atoms with Gasteiger partial charge < -0.3 is 20.3 Å². The molecule has 2 heterocycles. The Bertz CT molecular complexity index is 1630. The molecule has 1 saturated heterocycles. The average molecular weight is 653 g/mol. The first-order valence-corrected chi connectivity index (χ1v) is 16.2. The summed E-state index contributed by atoms with van der Waals surface area (Å²) in [6.45, 7) is 12.0. The Morgan fingerprint density at radius 2 is 1.70 bits per heavy atom. The van der Waals surface area contributed by atoms with Crippen molar-refractivity contribution in [1.82, 2.24) is 25.4 Å². The van der Waals surface area contributed by atoms with E-state index >= 15 is 0 Å². The molecule has 5 rings (SSSR count). The summed E-state index contributed by atoms with van der Waals surface area (Å²) < 4.78 is 42.8. The van der Waals surface area contributed by atoms with Crippen LogP contribution in [0.15, 0.2) is 67.0 Å². The van der Waals surface area contributed by atoms with E-state index in [9.17, 15) is 18.0 Å². The summed E-state index contributed by atoms with van der Waals surface area (Å²) >= 11 is 1.75. The first-order chi connectivity index (χ1) is 21.8. The van der Waals surface area contributed by atoms with Crippen molar-refractivity contribution in [3.63, 3.8) is 0 Å². The van der Waals surface area contributed by atoms with Crippen molar-refractivity contribution in [2.24, 2.45) is 5.41 Å². The molecule has 1 atom stereocenters. The number of carbonyl (C=O) groups is 1. The Morgan fingerprint density at radius 3 is 2.35 bits per heavy atom. The quantitative estimate of drug-likeness (QED) is 0.194. The van der Waals surface area contributed by atoms with Crippen molar-refractivity contribution in [3.05, 3.63) is 89.2 Å². The number of hydrogen-bond donors (Lipinski definition) is 2. The van der Waals surface area contributed by atoms with Crippen LogP contribution in [0.1, 0.15) is 42.5 Å². The number of aryl methyl sites for hydroxylation is 3. The molecule has 0 saturated carbocycles. The maximum atomic E-state index is 13.1. The minimum Gasteiger partial charge on any atom is -0.406 e. The van der Waals surface area contributed by atoms with E-state index in [2.05, 4.69) is 77.1 Å². The topological polar surface area (TPSA) is 84.3 Å². The molecule has 1 aliphatic heterocycles. The van der Waals surface area contributed by atoms with Crippen LogP contribution in [0.3, 0.4) is 0 Å². The number of ether oxygens (including phenoxy) is 1. The molecule has 2 N–H and O–H groups in total. The first-order valence-electron chi connectivity index (χ1n) is 15.1. The summed E-state index contributed by atoms with van der Waals surface area (Å²) in [5, 5.41) is 10.8. The highest BCUT2D eigenvalue weighted by molar-refractivity contribution is 8.00. The summed E-state index contributed by atoms with van der Waals surface area (Å²) in [6.07, 6.45) is -1.42. The second-order valence-electron chi connectivity index (χ2n) is 12.4. The zero-order chi connectivity index (χ0) is 33.1. The number of aromatic nitrogens is 3. The highest BCUT2D eigenvalue weighted by Crippen LogP contribution is 2.33. The number of carbonyl (C=O) groups excluding carboxylic acids is 1. The maximum absolute atomic E-state index is 13.1. The van der Waals surface area contributed by atoms with Crippen LogP contribution in [0.5, 0.6) is 5.75 Å². The van der Waals surface area contributed by atoms with Crippen molar-refractivity contribution in [1.29, 1.82) is 0 Å². The maximum Gasteiger partial charge on any atom is 0.573 e. The highest BCUT2D eigenvalue weighted by atomic mass is 32.2. The Hall–Kier alpha value is -4.19. The van der Waals surface area contributed by atoms with Gasteiger partial charge in [0.05, 0.1) is 5.69 Å². The van der Waals surface area contributed by atoms with Gasteiger partial charge in [-0.15, -0.1) is 30.0 Å². The molecule has 4 aromatic rings. The van der Waals surface area contributed by atoms with Crippen LogP contribution in [-0.4, -0.2) is 51.5 Å². The van der Waals surface area contributed by atoms with E-state index in [-0.39, 0.29) is 22.7 Å². The van der Waals surface area contributed by atoms with Gasteiger partial charge in [-0.3, -0.25) is 0 Å². The molecule has 1 fully saturated rings. The van der Waals surface area contributed by atoms with E-state index in [1.165, 1.54) is 57.7 Å². The summed E-state index contributed by atoms with van der Waals surface area (Å²) in [5.41, 5.74) is 7.00. The second kappa shape index (κ2) is 13.7. The van der Waals surface area contributed by atoms with Crippen LogP contribution in [0.25, 0.3) is 17.1 Å². The second-order valence-corrected chi connectivity index (χ2v) is 13.6. The molecular weight excluding hydrogens is 613 g/mol. The monoisotopic (exact) mass is 652 g/mol. The lowest BCUT2D eigenvalue weighted by Gasteiger charge is -2.39. The molecule has 46 heavy (non-hydrogen) atoms. The SMILES string of the molecule is Cc1cc(C)c(N2CCCSC2NC(=O)NCC(C)(C)Cc2ccc(-c3ncn(-c4ccc(OC(F)(F)F)cc4)n3)cc2)c(C)c1. The third kappa shape index (κ3) is 8.54. The van der Waals surface area contributed by atoms with Gasteiger partial charge >= 0.3 is 12.4 Å². The van der Waals surface area contributed by atoms with Gasteiger partial charge in [0.2, 0.25) is 0 Å². The summed E-state index contributed by atoms with van der Waals surface area (Å²) in [6, 6.07) is 17.5. The van der Waals surface area contributed by atoms with Crippen molar-refractivity contribution < 1.29 is 22.7 Å². The van der Waals surface area contributed by atoms with Crippen LogP contribution in [0.4, 0.5) is 23.7 Å². The summed E-state index contributed by atoms with van der Waals surface area (Å²) in [4.78, 5) is 19.7. The van der Waals surface area contributed by atoms with Gasteiger partial charge in [0.25, 0.3) is 0 Å². The number of anilines is 1. The van der Waals surface area contributed by atoms with Crippen molar-refractivity contribution >= 4 is 23.5 Å². The fourth-order valence-electron chi connectivity index (χ4n) is 5.80. The zero-order valence-electron chi connectivity index (χ0n) is 26.6. The fraction of sp³-hybridized carbons (Fsp3) is 0.382. The van der Waals surface area contributed by atoms with Crippen molar-refractivity contribution in [2.75, 3.05) is 23.7 Å². The number of benzene rings is 3. The first kappa shape index (κ1) is 33.2. The minimum absolute atomic E-state index is 0.135. The van der Waals surface area contributed by atoms with Gasteiger partial charge in [0.15, 0.2) is 11.3 Å². The largest absolute Gasteiger partial charge is 0.573 e. The van der Waals surface area contributed by atoms with Gasteiger partial charge in [-0.05, 0) is 85.7 Å². The molecule has 244 valence electrons. The van der Waals surface area contributed by atoms with Crippen LogP contribution in [0, 0.1) is 26.2 Å². The Kier molecular flexibility index (Phi) is 9.85. The summed E-state index contributed by atoms with van der Waals surface area (Å²) in [7, 11) is 0. The molecule has 0 aliphatic carbocycles. The van der Waals surface area contributed by atoms with Crippen molar-refractivity contribution in [3.8, 4) is 22.8 Å². The van der Waals surface area contributed by atoms with Gasteiger partial charge in [0, 0.05) is 24.3 Å². The molecule has 1 aliphatic rings. The van der Waals surface area contributed by atoms with E-state index in [0.717, 1.165) is 36.3 Å². The number of hydrogen-bond acceptors (Lipinski definition) is 6. The van der Waals surface area contributed by atoms with Crippen LogP contribution in [-0.2, 0) is 6.42 Å². The van der Waals surface area contributed by atoms with Gasteiger partial charge in [-0.2, -0.15) is 0 Å². The highest BCUT2D eigenvalue weighted by Gasteiger charge is 2.31. The molecule has 1 unspecified atom stereocenters. The Labute approximate surface area is 271 Å². The molecule has 0 bridgehead atoms. The average Bonchev–Trinajstić information content (AvgIpc) is 3.47. The van der Waals surface area contributed by atoms with Gasteiger partial charge in [0.1, 0.15) is 12.1 Å². The molecule has 8 nitrogen and oxygen atoms in total.